The zero-order chi connectivity index (χ0) is 25.0. The second-order valence-electron chi connectivity index (χ2n) is 9.48. The van der Waals surface area contributed by atoms with Crippen LogP contribution < -0.4 is 15.5 Å². The molecular formula is C27H31N5O4. The fourth-order valence-corrected chi connectivity index (χ4v) is 4.94. The lowest BCUT2D eigenvalue weighted by Crippen LogP contribution is -2.52. The minimum atomic E-state index is -0.811. The zero-order valence-electron chi connectivity index (χ0n) is 20.4. The third kappa shape index (κ3) is 5.48. The summed E-state index contributed by atoms with van der Waals surface area (Å²) < 4.78 is 6.09. The Bertz CT molecular complexity index is 1260. The maximum Gasteiger partial charge on any atom is 0.247 e. The van der Waals surface area contributed by atoms with E-state index in [0.29, 0.717) is 19.6 Å². The van der Waals surface area contributed by atoms with E-state index in [4.69, 9.17) is 14.8 Å². The van der Waals surface area contributed by atoms with E-state index in [0.717, 1.165) is 65.4 Å². The Hall–Kier alpha value is -3.53. The van der Waals surface area contributed by atoms with Crippen LogP contribution in [0.5, 0.6) is 5.75 Å². The van der Waals surface area contributed by atoms with E-state index >= 15 is 0 Å². The van der Waals surface area contributed by atoms with Gasteiger partial charge < -0.3 is 14.9 Å². The molecule has 1 unspecified atom stereocenters. The number of carbonyl (C=O) groups is 1. The van der Waals surface area contributed by atoms with Crippen molar-refractivity contribution in [2.45, 2.75) is 32.0 Å². The molecule has 188 valence electrons. The summed E-state index contributed by atoms with van der Waals surface area (Å²) in [6.07, 6.45) is 0.508. The first kappa shape index (κ1) is 24.2. The number of amides is 1. The van der Waals surface area contributed by atoms with Gasteiger partial charge in [-0.1, -0.05) is 23.4 Å². The predicted molar refractivity (Wildman–Crippen MR) is 136 cm³/mol. The number of ether oxygens (including phenoxy) is 1. The van der Waals surface area contributed by atoms with Crippen LogP contribution >= 0.6 is 0 Å². The lowest BCUT2D eigenvalue weighted by atomic mass is 9.90. The highest BCUT2D eigenvalue weighted by Crippen LogP contribution is 2.32. The van der Waals surface area contributed by atoms with Crippen LogP contribution in [0, 0.1) is 6.92 Å². The van der Waals surface area contributed by atoms with Gasteiger partial charge in [-0.05, 0) is 48.9 Å². The third-order valence-corrected chi connectivity index (χ3v) is 6.68. The molecule has 2 aromatic carbocycles. The molecule has 5 rings (SSSR count). The number of benzene rings is 2. The zero-order valence-corrected chi connectivity index (χ0v) is 20.4. The van der Waals surface area contributed by atoms with E-state index in [9.17, 15) is 4.79 Å². The number of oxime groups is 1. The largest absolute Gasteiger partial charge is 0.489 e. The van der Waals surface area contributed by atoms with Crippen molar-refractivity contribution in [3.8, 4) is 5.75 Å². The van der Waals surface area contributed by atoms with Gasteiger partial charge in [0.05, 0.1) is 17.6 Å². The Morgan fingerprint density at radius 1 is 1.19 bits per heavy atom. The van der Waals surface area contributed by atoms with Crippen LogP contribution in [0.25, 0.3) is 10.9 Å². The van der Waals surface area contributed by atoms with Gasteiger partial charge >= 0.3 is 0 Å². The number of hydrogen-bond acceptors (Lipinski definition) is 8. The molecule has 0 radical (unpaired) electrons. The van der Waals surface area contributed by atoms with E-state index in [-0.39, 0.29) is 6.42 Å². The highest BCUT2D eigenvalue weighted by molar-refractivity contribution is 6.02. The van der Waals surface area contributed by atoms with Crippen molar-refractivity contribution in [1.82, 2.24) is 20.7 Å². The van der Waals surface area contributed by atoms with Gasteiger partial charge in [0, 0.05) is 55.8 Å². The van der Waals surface area contributed by atoms with E-state index in [1.807, 2.05) is 49.4 Å². The Balaban J connectivity index is 1.26. The number of aromatic nitrogens is 1. The molecule has 1 atom stereocenters. The summed E-state index contributed by atoms with van der Waals surface area (Å²) in [5.41, 5.74) is 5.63. The molecule has 2 aliphatic rings. The quantitative estimate of drug-likeness (QED) is 0.330. The number of rotatable bonds is 8. The number of fused-ring (bicyclic) bond motifs is 1. The molecule has 9 nitrogen and oxygen atoms in total. The number of piperazine rings is 1. The van der Waals surface area contributed by atoms with Crippen LogP contribution in [-0.2, 0) is 16.2 Å². The van der Waals surface area contributed by atoms with Gasteiger partial charge in [-0.3, -0.25) is 19.9 Å². The number of pyridine rings is 1. The van der Waals surface area contributed by atoms with Crippen LogP contribution in [0.1, 0.15) is 29.7 Å². The van der Waals surface area contributed by atoms with Crippen molar-refractivity contribution in [3.63, 3.8) is 0 Å². The Labute approximate surface area is 210 Å². The molecule has 0 saturated carbocycles. The van der Waals surface area contributed by atoms with Gasteiger partial charge in [-0.15, -0.1) is 0 Å². The molecule has 0 bridgehead atoms. The molecule has 1 fully saturated rings. The number of para-hydroxylation sites is 1. The third-order valence-electron chi connectivity index (χ3n) is 6.68. The molecule has 0 aliphatic carbocycles. The Morgan fingerprint density at radius 2 is 1.97 bits per heavy atom. The molecule has 9 heteroatoms. The molecule has 0 spiro atoms. The second kappa shape index (κ2) is 10.6. The number of nitrogens with one attached hydrogen (secondary N) is 2. The average Bonchev–Trinajstić information content (AvgIpc) is 3.31. The molecule has 3 aromatic rings. The minimum Gasteiger partial charge on any atom is -0.489 e. The fourth-order valence-electron chi connectivity index (χ4n) is 4.94. The van der Waals surface area contributed by atoms with Gasteiger partial charge in [-0.25, -0.2) is 5.48 Å². The summed E-state index contributed by atoms with van der Waals surface area (Å²) in [4.78, 5) is 24.8. The topological polar surface area (TPSA) is 108 Å². The number of hydroxylamine groups is 1. The van der Waals surface area contributed by atoms with Crippen molar-refractivity contribution in [2.75, 3.05) is 32.7 Å². The SMILES string of the molecule is Cc1cc(COc2ccc(C3=NOC(CC(=O)NO)(CN4CCNCC4)C3)cc2)c2ccccc2n1. The van der Waals surface area contributed by atoms with Gasteiger partial charge in [0.25, 0.3) is 0 Å². The lowest BCUT2D eigenvalue weighted by molar-refractivity contribution is -0.137. The van der Waals surface area contributed by atoms with E-state index < -0.39 is 11.5 Å². The van der Waals surface area contributed by atoms with Crippen LogP contribution in [0.2, 0.25) is 0 Å². The fraction of sp³-hybridized carbons (Fsp3) is 0.370. The number of hydrogen-bond donors (Lipinski definition) is 3. The van der Waals surface area contributed by atoms with Gasteiger partial charge in [0.2, 0.25) is 5.91 Å². The van der Waals surface area contributed by atoms with Crippen LogP contribution in [0.4, 0.5) is 0 Å². The van der Waals surface area contributed by atoms with Crippen LogP contribution in [-0.4, -0.2) is 65.0 Å². The monoisotopic (exact) mass is 489 g/mol. The van der Waals surface area contributed by atoms with E-state index in [2.05, 4.69) is 32.5 Å². The first-order chi connectivity index (χ1) is 17.5. The Morgan fingerprint density at radius 3 is 2.75 bits per heavy atom. The van der Waals surface area contributed by atoms with E-state index in [1.54, 1.807) is 5.48 Å². The van der Waals surface area contributed by atoms with Gasteiger partial charge in [-0.2, -0.15) is 0 Å². The van der Waals surface area contributed by atoms with Crippen molar-refractivity contribution in [3.05, 3.63) is 71.4 Å². The summed E-state index contributed by atoms with van der Waals surface area (Å²) >= 11 is 0. The summed E-state index contributed by atoms with van der Waals surface area (Å²) in [7, 11) is 0. The first-order valence-corrected chi connectivity index (χ1v) is 12.2. The summed E-state index contributed by atoms with van der Waals surface area (Å²) in [6, 6.07) is 17.9. The molecular weight excluding hydrogens is 458 g/mol. The van der Waals surface area contributed by atoms with Gasteiger partial charge in [0.15, 0.2) is 5.60 Å². The number of nitrogens with zero attached hydrogens (tertiary/aromatic N) is 3. The Kier molecular flexibility index (Phi) is 7.13. The highest BCUT2D eigenvalue weighted by Gasteiger charge is 2.43. The first-order valence-electron chi connectivity index (χ1n) is 12.2. The van der Waals surface area contributed by atoms with Crippen molar-refractivity contribution < 1.29 is 19.6 Å². The smallest absolute Gasteiger partial charge is 0.247 e. The van der Waals surface area contributed by atoms with Crippen LogP contribution in [0.15, 0.2) is 59.8 Å². The average molecular weight is 490 g/mol. The molecule has 3 N–H and O–H groups in total. The standard InChI is InChI=1S/C27H31N5O4/c1-19-14-21(23-4-2-3-5-24(23)29-19)17-35-22-8-6-20(7-9-22)25-15-27(36-31-25,16-26(33)30-34)18-32-12-10-28-11-13-32/h2-9,14,28,34H,10-13,15-18H2,1H3,(H,30,33). The van der Waals surface area contributed by atoms with Crippen molar-refractivity contribution in [2.24, 2.45) is 5.16 Å². The summed E-state index contributed by atoms with van der Waals surface area (Å²) in [5, 5.41) is 17.9. The van der Waals surface area contributed by atoms with Crippen LogP contribution in [0.3, 0.4) is 0 Å². The molecule has 3 heterocycles. The molecule has 1 aromatic heterocycles. The predicted octanol–water partition coefficient (Wildman–Crippen LogP) is 2.79. The summed E-state index contributed by atoms with van der Waals surface area (Å²) in [5.74, 6) is 0.271. The molecule has 1 saturated heterocycles. The lowest BCUT2D eigenvalue weighted by Gasteiger charge is -2.35. The maximum absolute atomic E-state index is 12.1. The van der Waals surface area contributed by atoms with Crippen molar-refractivity contribution >= 4 is 22.5 Å². The molecule has 2 aliphatic heterocycles. The second-order valence-corrected chi connectivity index (χ2v) is 9.48. The number of aryl methyl sites for hydroxylation is 1. The normalized spacial score (nSPS) is 20.1. The minimum absolute atomic E-state index is 0.0287. The molecule has 36 heavy (non-hydrogen) atoms. The van der Waals surface area contributed by atoms with Crippen molar-refractivity contribution in [1.29, 1.82) is 0 Å². The van der Waals surface area contributed by atoms with Gasteiger partial charge in [0.1, 0.15) is 12.4 Å². The highest BCUT2D eigenvalue weighted by atomic mass is 16.7. The molecule has 1 amide bonds. The maximum atomic E-state index is 12.1. The number of carbonyl (C=O) groups excluding carboxylic acids is 1. The summed E-state index contributed by atoms with van der Waals surface area (Å²) in [6.45, 7) is 6.53. The van der Waals surface area contributed by atoms with E-state index in [1.165, 1.54) is 0 Å².